The first kappa shape index (κ1) is 6.96. The van der Waals surface area contributed by atoms with Gasteiger partial charge in [0.2, 0.25) is 0 Å². The summed E-state index contributed by atoms with van der Waals surface area (Å²) in [5.41, 5.74) is 7.26. The van der Waals surface area contributed by atoms with E-state index in [1.165, 1.54) is 0 Å². The van der Waals surface area contributed by atoms with Gasteiger partial charge in [-0.3, -0.25) is 5.73 Å². The second kappa shape index (κ2) is 2.31. The Labute approximate surface area is 45.9 Å². The first-order chi connectivity index (χ1) is 3.12. The molecule has 43 valence electrons. The summed E-state index contributed by atoms with van der Waals surface area (Å²) in [6.45, 7) is 6.07. The van der Waals surface area contributed by atoms with E-state index in [0.29, 0.717) is 0 Å². The van der Waals surface area contributed by atoms with Crippen LogP contribution in [0.15, 0.2) is 0 Å². The Morgan fingerprint density at radius 3 is 1.57 bits per heavy atom. The lowest BCUT2D eigenvalue weighted by Gasteiger charge is -2.17. The Morgan fingerprint density at radius 2 is 1.57 bits per heavy atom. The van der Waals surface area contributed by atoms with Crippen LogP contribution in [0.1, 0.15) is 33.6 Å². The predicted octanol–water partition coefficient (Wildman–Crippen LogP) is 1.85. The summed E-state index contributed by atoms with van der Waals surface area (Å²) in [5.74, 6) is 0. The zero-order chi connectivity index (χ0) is 5.91. The van der Waals surface area contributed by atoms with Crippen molar-refractivity contribution in [1.82, 2.24) is 5.73 Å². The molecule has 1 radical (unpaired) electrons. The van der Waals surface area contributed by atoms with Gasteiger partial charge in [0.25, 0.3) is 0 Å². The molecule has 0 aliphatic carbocycles. The third kappa shape index (κ3) is 2.63. The van der Waals surface area contributed by atoms with E-state index in [1.807, 2.05) is 6.92 Å². The van der Waals surface area contributed by atoms with E-state index in [-0.39, 0.29) is 5.54 Å². The maximum absolute atomic E-state index is 7.42. The van der Waals surface area contributed by atoms with Crippen molar-refractivity contribution in [2.75, 3.05) is 0 Å². The Hall–Kier alpha value is -0.0400. The van der Waals surface area contributed by atoms with Crippen LogP contribution >= 0.6 is 0 Å². The molecule has 7 heavy (non-hydrogen) atoms. The molecule has 0 saturated heterocycles. The highest BCUT2D eigenvalue weighted by Gasteiger charge is 2.11. The second-order valence-electron chi connectivity index (χ2n) is 2.27. The summed E-state index contributed by atoms with van der Waals surface area (Å²) in [6.07, 6.45) is 1.92. The average Bonchev–Trinajstić information content (AvgIpc) is 1.68. The van der Waals surface area contributed by atoms with E-state index >= 15 is 0 Å². The molecular formula is C6H14N. The molecule has 0 unspecified atom stereocenters. The normalized spacial score (nSPS) is 12.0. The minimum absolute atomic E-state index is 0.167. The third-order valence-corrected chi connectivity index (χ3v) is 1.56. The minimum atomic E-state index is -0.167. The van der Waals surface area contributed by atoms with E-state index in [9.17, 15) is 0 Å². The molecule has 0 amide bonds. The molecule has 0 fully saturated rings. The lowest BCUT2D eigenvalue weighted by molar-refractivity contribution is 0.421. The van der Waals surface area contributed by atoms with Crippen molar-refractivity contribution in [1.29, 1.82) is 0 Å². The van der Waals surface area contributed by atoms with Crippen LogP contribution in [0.25, 0.3) is 0 Å². The summed E-state index contributed by atoms with van der Waals surface area (Å²) in [7, 11) is 0. The van der Waals surface area contributed by atoms with Gasteiger partial charge in [-0.05, 0) is 19.8 Å². The van der Waals surface area contributed by atoms with Crippen LogP contribution in [0, 0.1) is 0 Å². The number of hydrogen-bond donors (Lipinski definition) is 0. The van der Waals surface area contributed by atoms with Crippen molar-refractivity contribution in [3.05, 3.63) is 0 Å². The first-order valence-corrected chi connectivity index (χ1v) is 2.87. The number of hydrogen-bond acceptors (Lipinski definition) is 0. The van der Waals surface area contributed by atoms with Crippen molar-refractivity contribution in [2.24, 2.45) is 0 Å². The SMILES string of the molecule is CCC(C)([NH])CC. The van der Waals surface area contributed by atoms with Crippen molar-refractivity contribution in [3.63, 3.8) is 0 Å². The van der Waals surface area contributed by atoms with Crippen LogP contribution in [-0.2, 0) is 0 Å². The summed E-state index contributed by atoms with van der Waals surface area (Å²) in [5, 5.41) is 0. The van der Waals surface area contributed by atoms with Crippen LogP contribution in [0.2, 0.25) is 0 Å². The monoisotopic (exact) mass is 100 g/mol. The Morgan fingerprint density at radius 1 is 1.29 bits per heavy atom. The lowest BCUT2D eigenvalue weighted by Crippen LogP contribution is -2.22. The third-order valence-electron chi connectivity index (χ3n) is 1.56. The lowest BCUT2D eigenvalue weighted by atomic mass is 9.98. The molecule has 0 aromatic heterocycles. The smallest absolute Gasteiger partial charge is 0.0290 e. The highest BCUT2D eigenvalue weighted by Crippen LogP contribution is 2.09. The van der Waals surface area contributed by atoms with Gasteiger partial charge >= 0.3 is 0 Å². The highest BCUT2D eigenvalue weighted by molar-refractivity contribution is 4.71. The van der Waals surface area contributed by atoms with Gasteiger partial charge in [-0.2, -0.15) is 0 Å². The fourth-order valence-electron chi connectivity index (χ4n) is 0.250. The predicted molar refractivity (Wildman–Crippen MR) is 32.1 cm³/mol. The Kier molecular flexibility index (Phi) is 2.30. The molecule has 0 atom stereocenters. The fraction of sp³-hybridized carbons (Fsp3) is 1.00. The quantitative estimate of drug-likeness (QED) is 0.505. The second-order valence-corrected chi connectivity index (χ2v) is 2.27. The first-order valence-electron chi connectivity index (χ1n) is 2.87. The summed E-state index contributed by atoms with van der Waals surface area (Å²) < 4.78 is 0. The van der Waals surface area contributed by atoms with Crippen molar-refractivity contribution >= 4 is 0 Å². The van der Waals surface area contributed by atoms with E-state index in [4.69, 9.17) is 5.73 Å². The Bertz CT molecular complexity index is 42.1. The molecule has 0 bridgehead atoms. The van der Waals surface area contributed by atoms with Crippen LogP contribution in [0.5, 0.6) is 0 Å². The molecule has 0 heterocycles. The van der Waals surface area contributed by atoms with Gasteiger partial charge < -0.3 is 0 Å². The number of rotatable bonds is 2. The van der Waals surface area contributed by atoms with Crippen LogP contribution < -0.4 is 5.73 Å². The van der Waals surface area contributed by atoms with Gasteiger partial charge in [0.1, 0.15) is 0 Å². The van der Waals surface area contributed by atoms with Gasteiger partial charge in [0.05, 0.1) is 0 Å². The van der Waals surface area contributed by atoms with Crippen LogP contribution in [0.3, 0.4) is 0 Å². The van der Waals surface area contributed by atoms with Gasteiger partial charge in [0.15, 0.2) is 0 Å². The van der Waals surface area contributed by atoms with Gasteiger partial charge in [0, 0.05) is 5.54 Å². The topological polar surface area (TPSA) is 23.8 Å². The summed E-state index contributed by atoms with van der Waals surface area (Å²) in [4.78, 5) is 0. The summed E-state index contributed by atoms with van der Waals surface area (Å²) in [6, 6.07) is 0. The zero-order valence-corrected chi connectivity index (χ0v) is 5.41. The molecule has 0 aliphatic rings. The maximum Gasteiger partial charge on any atom is 0.0290 e. The molecule has 1 N–H and O–H groups in total. The van der Waals surface area contributed by atoms with Crippen LogP contribution in [-0.4, -0.2) is 5.54 Å². The molecule has 0 aliphatic heterocycles. The Balaban J connectivity index is 3.36. The average molecular weight is 100 g/mol. The standard InChI is InChI=1S/C6H14N/c1-4-6(3,7)5-2/h7H,4-5H2,1-3H3. The molecule has 1 heteroatoms. The molecule has 0 aromatic carbocycles. The van der Waals surface area contributed by atoms with E-state index in [1.54, 1.807) is 0 Å². The minimum Gasteiger partial charge on any atom is -0.251 e. The molecular weight excluding hydrogens is 86.1 g/mol. The van der Waals surface area contributed by atoms with Gasteiger partial charge in [-0.25, -0.2) is 0 Å². The largest absolute Gasteiger partial charge is 0.251 e. The van der Waals surface area contributed by atoms with Gasteiger partial charge in [-0.15, -0.1) is 0 Å². The molecule has 0 spiro atoms. The van der Waals surface area contributed by atoms with E-state index < -0.39 is 0 Å². The van der Waals surface area contributed by atoms with Gasteiger partial charge in [-0.1, -0.05) is 13.8 Å². The molecule has 0 aromatic rings. The van der Waals surface area contributed by atoms with E-state index in [2.05, 4.69) is 13.8 Å². The molecule has 0 saturated carbocycles. The maximum atomic E-state index is 7.42. The molecule has 0 rings (SSSR count). The number of nitrogens with one attached hydrogen (secondary N) is 1. The fourth-order valence-corrected chi connectivity index (χ4v) is 0.250. The summed E-state index contributed by atoms with van der Waals surface area (Å²) >= 11 is 0. The zero-order valence-electron chi connectivity index (χ0n) is 5.41. The van der Waals surface area contributed by atoms with Crippen molar-refractivity contribution in [3.8, 4) is 0 Å². The van der Waals surface area contributed by atoms with E-state index in [0.717, 1.165) is 12.8 Å². The van der Waals surface area contributed by atoms with Crippen molar-refractivity contribution in [2.45, 2.75) is 39.2 Å². The molecule has 1 nitrogen and oxygen atoms in total. The highest BCUT2D eigenvalue weighted by atomic mass is 14.7. The van der Waals surface area contributed by atoms with Crippen LogP contribution in [0.4, 0.5) is 0 Å². The van der Waals surface area contributed by atoms with Crippen molar-refractivity contribution < 1.29 is 0 Å².